The number of furan rings is 1. The van der Waals surface area contributed by atoms with Gasteiger partial charge in [0.05, 0.1) is 22.1 Å². The molecule has 0 fully saturated rings. The van der Waals surface area contributed by atoms with Crippen molar-refractivity contribution >= 4 is 76.5 Å². The Morgan fingerprint density at radius 2 is 0.918 bits per heavy atom. The fourth-order valence-electron chi connectivity index (χ4n) is 9.57. The third-order valence-corrected chi connectivity index (χ3v) is 12.4. The molecule has 5 heteroatoms. The first kappa shape index (κ1) is 33.7. The molecule has 61 heavy (non-hydrogen) atoms. The molecule has 0 radical (unpaired) electrons. The van der Waals surface area contributed by atoms with E-state index in [2.05, 4.69) is 190 Å². The third-order valence-electron chi connectivity index (χ3n) is 12.4. The molecule has 4 heterocycles. The third kappa shape index (κ3) is 5.21. The number of fused-ring (bicyclic) bond motifs is 10. The average Bonchev–Trinajstić information content (AvgIpc) is 3.99. The van der Waals surface area contributed by atoms with E-state index < -0.39 is 0 Å². The van der Waals surface area contributed by atoms with Crippen LogP contribution in [0.25, 0.3) is 121 Å². The van der Waals surface area contributed by atoms with E-state index in [9.17, 15) is 0 Å². The van der Waals surface area contributed by atoms with Gasteiger partial charge in [0.15, 0.2) is 5.58 Å². The van der Waals surface area contributed by atoms with Crippen molar-refractivity contribution in [2.45, 2.75) is 0 Å². The van der Waals surface area contributed by atoms with Crippen LogP contribution in [0.2, 0.25) is 0 Å². The van der Waals surface area contributed by atoms with Crippen LogP contribution >= 0.6 is 0 Å². The fourth-order valence-corrected chi connectivity index (χ4v) is 9.57. The molecule has 0 atom stereocenters. The topological polar surface area (TPSA) is 48.8 Å². The predicted octanol–water partition coefficient (Wildman–Crippen LogP) is 14.7. The van der Waals surface area contributed by atoms with E-state index >= 15 is 0 Å². The molecule has 13 aromatic rings. The van der Waals surface area contributed by atoms with Crippen LogP contribution in [-0.4, -0.2) is 19.1 Å². The Kier molecular flexibility index (Phi) is 7.24. The Labute approximate surface area is 350 Å². The molecule has 13 rings (SSSR count). The van der Waals surface area contributed by atoms with Crippen molar-refractivity contribution in [1.29, 1.82) is 0 Å². The standard InChI is InChI=1S/C56H34N4O/c1-2-13-42(14-3-1)59-49-18-7-4-15-44(49)47-32-38(24-27-51(47)59)39-25-28-52-48(33-39)45-16-5-8-19-50(45)60(52)43-26-23-35-21-22-37(30-41(35)31-43)36-11-10-12-40(29-36)54-56-55(58-34-57-54)46-17-6-9-20-53(46)61-56/h1-34H. The number of aromatic nitrogens is 4. The summed E-state index contributed by atoms with van der Waals surface area (Å²) in [6, 6.07) is 72.0. The minimum Gasteiger partial charge on any atom is -0.452 e. The molecule has 0 saturated heterocycles. The van der Waals surface area contributed by atoms with E-state index in [4.69, 9.17) is 9.40 Å². The van der Waals surface area contributed by atoms with Gasteiger partial charge in [-0.3, -0.25) is 0 Å². The van der Waals surface area contributed by atoms with Gasteiger partial charge in [0.2, 0.25) is 0 Å². The maximum atomic E-state index is 6.30. The van der Waals surface area contributed by atoms with Crippen LogP contribution < -0.4 is 0 Å². The molecule has 0 aliphatic carbocycles. The zero-order valence-corrected chi connectivity index (χ0v) is 32.8. The first-order chi connectivity index (χ1) is 30.2. The average molecular weight is 779 g/mol. The van der Waals surface area contributed by atoms with Crippen LogP contribution in [0.5, 0.6) is 0 Å². The minimum absolute atomic E-state index is 0.704. The highest BCUT2D eigenvalue weighted by molar-refractivity contribution is 6.13. The molecule has 9 aromatic carbocycles. The number of hydrogen-bond donors (Lipinski definition) is 0. The van der Waals surface area contributed by atoms with Gasteiger partial charge in [-0.2, -0.15) is 0 Å². The van der Waals surface area contributed by atoms with Gasteiger partial charge in [-0.1, -0.05) is 115 Å². The van der Waals surface area contributed by atoms with Crippen LogP contribution in [0, 0.1) is 0 Å². The molecule has 0 bridgehead atoms. The molecular weight excluding hydrogens is 745 g/mol. The molecule has 0 saturated carbocycles. The van der Waals surface area contributed by atoms with Gasteiger partial charge >= 0.3 is 0 Å². The summed E-state index contributed by atoms with van der Waals surface area (Å²) in [6.45, 7) is 0. The molecule has 0 aliphatic heterocycles. The summed E-state index contributed by atoms with van der Waals surface area (Å²) in [5, 5.41) is 8.32. The lowest BCUT2D eigenvalue weighted by atomic mass is 9.98. The maximum Gasteiger partial charge on any atom is 0.180 e. The van der Waals surface area contributed by atoms with Crippen molar-refractivity contribution in [1.82, 2.24) is 19.1 Å². The van der Waals surface area contributed by atoms with Crippen molar-refractivity contribution in [3.63, 3.8) is 0 Å². The summed E-state index contributed by atoms with van der Waals surface area (Å²) < 4.78 is 11.1. The highest BCUT2D eigenvalue weighted by Gasteiger charge is 2.18. The van der Waals surface area contributed by atoms with E-state index in [-0.39, 0.29) is 0 Å². The van der Waals surface area contributed by atoms with Gasteiger partial charge < -0.3 is 13.6 Å². The van der Waals surface area contributed by atoms with Crippen molar-refractivity contribution < 1.29 is 4.42 Å². The largest absolute Gasteiger partial charge is 0.452 e. The van der Waals surface area contributed by atoms with E-state index in [0.717, 1.165) is 44.6 Å². The van der Waals surface area contributed by atoms with E-state index in [1.165, 1.54) is 71.2 Å². The molecular formula is C56H34N4O. The molecule has 0 N–H and O–H groups in total. The van der Waals surface area contributed by atoms with Gasteiger partial charge in [-0.25, -0.2) is 9.97 Å². The second-order valence-corrected chi connectivity index (χ2v) is 15.8. The lowest BCUT2D eigenvalue weighted by Crippen LogP contribution is -1.94. The van der Waals surface area contributed by atoms with Gasteiger partial charge in [0, 0.05) is 43.9 Å². The normalized spacial score (nSPS) is 11.9. The summed E-state index contributed by atoms with van der Waals surface area (Å²) in [4.78, 5) is 9.27. The van der Waals surface area contributed by atoms with E-state index in [1.807, 2.05) is 24.3 Å². The summed E-state index contributed by atoms with van der Waals surface area (Å²) in [5.41, 5.74) is 15.8. The predicted molar refractivity (Wildman–Crippen MR) is 252 cm³/mol. The second kappa shape index (κ2) is 13.1. The number of para-hydroxylation sites is 4. The minimum atomic E-state index is 0.704. The van der Waals surface area contributed by atoms with Crippen LogP contribution in [-0.2, 0) is 0 Å². The van der Waals surface area contributed by atoms with Crippen molar-refractivity contribution in [2.75, 3.05) is 0 Å². The Balaban J connectivity index is 0.906. The quantitative estimate of drug-likeness (QED) is 0.175. The lowest BCUT2D eigenvalue weighted by molar-refractivity contribution is 0.667. The SMILES string of the molecule is c1ccc(-n2c3ccccc3c3cc(-c4ccc5c(c4)c4ccccc4n5-c4ccc5ccc(-c6cccc(-c7ncnc8c7oc7ccccc78)c6)cc5c4)ccc32)cc1. The zero-order chi connectivity index (χ0) is 40.0. The summed E-state index contributed by atoms with van der Waals surface area (Å²) in [6.07, 6.45) is 1.63. The Hall–Kier alpha value is -8.28. The van der Waals surface area contributed by atoms with Gasteiger partial charge in [0.25, 0.3) is 0 Å². The second-order valence-electron chi connectivity index (χ2n) is 15.8. The molecule has 4 aromatic heterocycles. The van der Waals surface area contributed by atoms with Crippen LogP contribution in [0.15, 0.2) is 211 Å². The molecule has 5 nitrogen and oxygen atoms in total. The molecule has 0 spiro atoms. The summed E-state index contributed by atoms with van der Waals surface area (Å²) in [7, 11) is 0. The monoisotopic (exact) mass is 778 g/mol. The first-order valence-corrected chi connectivity index (χ1v) is 20.6. The first-order valence-electron chi connectivity index (χ1n) is 20.6. The van der Waals surface area contributed by atoms with E-state index in [1.54, 1.807) is 6.33 Å². The number of rotatable bonds is 5. The summed E-state index contributed by atoms with van der Waals surface area (Å²) in [5.74, 6) is 0. The Bertz CT molecular complexity index is 3890. The van der Waals surface area contributed by atoms with Crippen molar-refractivity contribution in [3.8, 4) is 44.9 Å². The zero-order valence-electron chi connectivity index (χ0n) is 32.8. The summed E-state index contributed by atoms with van der Waals surface area (Å²) >= 11 is 0. The Morgan fingerprint density at radius 3 is 1.67 bits per heavy atom. The van der Waals surface area contributed by atoms with Crippen molar-refractivity contribution in [3.05, 3.63) is 207 Å². The van der Waals surface area contributed by atoms with Gasteiger partial charge in [0.1, 0.15) is 23.1 Å². The molecule has 0 aliphatic rings. The molecule has 0 unspecified atom stereocenters. The van der Waals surface area contributed by atoms with Gasteiger partial charge in [-0.05, 0) is 118 Å². The maximum absolute atomic E-state index is 6.30. The Morgan fingerprint density at radius 1 is 0.344 bits per heavy atom. The number of hydrogen-bond acceptors (Lipinski definition) is 3. The highest BCUT2D eigenvalue weighted by Crippen LogP contribution is 2.40. The van der Waals surface area contributed by atoms with Crippen molar-refractivity contribution in [2.24, 2.45) is 0 Å². The van der Waals surface area contributed by atoms with Crippen LogP contribution in [0.4, 0.5) is 0 Å². The fraction of sp³-hybridized carbons (Fsp3) is 0. The number of benzene rings is 9. The van der Waals surface area contributed by atoms with Gasteiger partial charge in [-0.15, -0.1) is 0 Å². The van der Waals surface area contributed by atoms with Crippen LogP contribution in [0.1, 0.15) is 0 Å². The lowest BCUT2D eigenvalue weighted by Gasteiger charge is -2.11. The van der Waals surface area contributed by atoms with Crippen LogP contribution in [0.3, 0.4) is 0 Å². The smallest absolute Gasteiger partial charge is 0.180 e. The highest BCUT2D eigenvalue weighted by atomic mass is 16.3. The molecule has 0 amide bonds. The molecule has 284 valence electrons. The number of nitrogens with zero attached hydrogens (tertiary/aromatic N) is 4. The van der Waals surface area contributed by atoms with E-state index in [0.29, 0.717) is 5.58 Å².